The zero-order valence-electron chi connectivity index (χ0n) is 15.4. The summed E-state index contributed by atoms with van der Waals surface area (Å²) in [6.45, 7) is 1.85. The monoisotopic (exact) mass is 394 g/mol. The van der Waals surface area contributed by atoms with Crippen LogP contribution in [0, 0.1) is 0 Å². The number of nitrogens with zero attached hydrogens (tertiary/aromatic N) is 3. The number of fused-ring (bicyclic) bond motifs is 1. The van der Waals surface area contributed by atoms with Crippen molar-refractivity contribution in [3.63, 3.8) is 0 Å². The Balaban J connectivity index is 1.72. The van der Waals surface area contributed by atoms with Crippen molar-refractivity contribution in [1.29, 1.82) is 0 Å². The van der Waals surface area contributed by atoms with Gasteiger partial charge in [0.05, 0.1) is 22.9 Å². The average molecular weight is 394 g/mol. The van der Waals surface area contributed by atoms with Crippen LogP contribution in [0.25, 0.3) is 0 Å². The van der Waals surface area contributed by atoms with E-state index in [1.807, 2.05) is 4.90 Å². The molecule has 3 heterocycles. The van der Waals surface area contributed by atoms with Gasteiger partial charge in [-0.3, -0.25) is 4.79 Å². The van der Waals surface area contributed by atoms with E-state index in [1.54, 1.807) is 0 Å². The maximum Gasteiger partial charge on any atom is 0.416 e. The highest BCUT2D eigenvalue weighted by Gasteiger charge is 2.34. The predicted molar refractivity (Wildman–Crippen MR) is 97.2 cm³/mol. The van der Waals surface area contributed by atoms with Crippen molar-refractivity contribution in [2.24, 2.45) is 0 Å². The van der Waals surface area contributed by atoms with Crippen LogP contribution in [-0.4, -0.2) is 29.9 Å². The first-order valence-corrected chi connectivity index (χ1v) is 9.24. The van der Waals surface area contributed by atoms with Crippen LogP contribution in [-0.2, 0) is 19.1 Å². The second-order valence-electron chi connectivity index (χ2n) is 7.02. The summed E-state index contributed by atoms with van der Waals surface area (Å²) >= 11 is 0. The van der Waals surface area contributed by atoms with Crippen LogP contribution in [0.3, 0.4) is 0 Å². The summed E-state index contributed by atoms with van der Waals surface area (Å²) in [5, 5.41) is 3.16. The second-order valence-corrected chi connectivity index (χ2v) is 7.02. The molecule has 0 aliphatic carbocycles. The van der Waals surface area contributed by atoms with Crippen LogP contribution in [0.1, 0.15) is 41.3 Å². The fraction of sp³-hybridized carbons (Fsp3) is 0.474. The first kappa shape index (κ1) is 18.8. The van der Waals surface area contributed by atoms with Crippen molar-refractivity contribution in [2.75, 3.05) is 25.1 Å². The molecule has 4 rings (SSSR count). The molecule has 0 amide bonds. The third kappa shape index (κ3) is 3.23. The number of benzene rings is 1. The van der Waals surface area contributed by atoms with Crippen LogP contribution < -0.4 is 20.6 Å². The average Bonchev–Trinajstić information content (AvgIpc) is 3.17. The van der Waals surface area contributed by atoms with Crippen molar-refractivity contribution >= 4 is 5.95 Å². The summed E-state index contributed by atoms with van der Waals surface area (Å²) in [5.74, 6) is 0.413. The molecule has 1 saturated heterocycles. The molecule has 0 radical (unpaired) electrons. The minimum absolute atomic E-state index is 0.157. The molecule has 0 spiro atoms. The first-order chi connectivity index (χ1) is 13.4. The van der Waals surface area contributed by atoms with Crippen molar-refractivity contribution in [3.8, 4) is 0 Å². The normalized spacial score (nSPS) is 19.6. The summed E-state index contributed by atoms with van der Waals surface area (Å²) in [6, 6.07) is 5.05. The minimum Gasteiger partial charge on any atom is -0.411 e. The third-order valence-electron chi connectivity index (χ3n) is 5.36. The lowest BCUT2D eigenvalue weighted by molar-refractivity contribution is -0.137. The van der Waals surface area contributed by atoms with Gasteiger partial charge in [-0.2, -0.15) is 13.2 Å². The van der Waals surface area contributed by atoms with E-state index < -0.39 is 11.7 Å². The molecular weight excluding hydrogens is 373 g/mol. The van der Waals surface area contributed by atoms with Crippen LogP contribution in [0.4, 0.5) is 19.1 Å². The number of rotatable bonds is 3. The Hall–Kier alpha value is -2.55. The lowest BCUT2D eigenvalue weighted by Gasteiger charge is -2.29. The van der Waals surface area contributed by atoms with E-state index in [2.05, 4.69) is 5.32 Å². The number of alkyl halides is 3. The summed E-state index contributed by atoms with van der Waals surface area (Å²) in [6.07, 6.45) is -2.09. The first-order valence-electron chi connectivity index (χ1n) is 9.24. The van der Waals surface area contributed by atoms with E-state index in [0.717, 1.165) is 42.8 Å². The van der Waals surface area contributed by atoms with Gasteiger partial charge in [0, 0.05) is 26.1 Å². The predicted octanol–water partition coefficient (Wildman–Crippen LogP) is 2.31. The molecule has 28 heavy (non-hydrogen) atoms. The van der Waals surface area contributed by atoms with Gasteiger partial charge in [-0.1, -0.05) is 12.1 Å². The molecule has 1 fully saturated rings. The summed E-state index contributed by atoms with van der Waals surface area (Å²) < 4.78 is 39.8. The summed E-state index contributed by atoms with van der Waals surface area (Å²) in [5.41, 5.74) is 1.20. The van der Waals surface area contributed by atoms with Gasteiger partial charge in [0.25, 0.3) is 5.56 Å². The highest BCUT2D eigenvalue weighted by atomic mass is 19.4. The number of halogens is 3. The lowest BCUT2D eigenvalue weighted by atomic mass is 10.0. The lowest BCUT2D eigenvalue weighted by Crippen LogP contribution is -2.41. The topological polar surface area (TPSA) is 59.4 Å². The van der Waals surface area contributed by atoms with Gasteiger partial charge < -0.3 is 15.1 Å². The smallest absolute Gasteiger partial charge is 0.411 e. The highest BCUT2D eigenvalue weighted by molar-refractivity contribution is 5.42. The number of aromatic nitrogens is 2. The maximum absolute atomic E-state index is 12.9. The number of nitrogens with one attached hydrogen (secondary N) is 1. The molecular formula is C19H21F3N4O2. The van der Waals surface area contributed by atoms with E-state index in [9.17, 15) is 18.0 Å². The van der Waals surface area contributed by atoms with Crippen LogP contribution >= 0.6 is 0 Å². The van der Waals surface area contributed by atoms with E-state index in [0.29, 0.717) is 31.0 Å². The van der Waals surface area contributed by atoms with Crippen molar-refractivity contribution in [3.05, 3.63) is 57.0 Å². The fourth-order valence-corrected chi connectivity index (χ4v) is 3.97. The van der Waals surface area contributed by atoms with Crippen molar-refractivity contribution < 1.29 is 18.0 Å². The molecule has 6 nitrogen and oxygen atoms in total. The zero-order valence-corrected chi connectivity index (χ0v) is 15.4. The maximum atomic E-state index is 12.9. The standard InChI is InChI=1S/C19H21F3N4O2/c1-28-26-17(27)14-11-23-9-8-15(14)24-18(26)25-10-2-3-16(25)12-4-6-13(7-5-12)19(20,21)22/h4-7,16,23H,2-3,8-11H2,1H3. The quantitative estimate of drug-likeness (QED) is 0.866. The minimum atomic E-state index is -4.36. The largest absolute Gasteiger partial charge is 0.416 e. The Bertz CT molecular complexity index is 925. The molecule has 9 heteroatoms. The van der Waals surface area contributed by atoms with Crippen molar-refractivity contribution in [2.45, 2.75) is 38.0 Å². The van der Waals surface area contributed by atoms with Gasteiger partial charge in [-0.05, 0) is 30.5 Å². The molecule has 1 aromatic heterocycles. The highest BCUT2D eigenvalue weighted by Crippen LogP contribution is 2.37. The summed E-state index contributed by atoms with van der Waals surface area (Å²) in [7, 11) is 1.42. The molecule has 1 unspecified atom stereocenters. The van der Waals surface area contributed by atoms with Crippen LogP contribution in [0.2, 0.25) is 0 Å². The van der Waals surface area contributed by atoms with Crippen molar-refractivity contribution in [1.82, 2.24) is 15.0 Å². The zero-order chi connectivity index (χ0) is 19.9. The molecule has 1 aromatic carbocycles. The Labute approximate surface area is 159 Å². The molecule has 0 bridgehead atoms. The van der Waals surface area contributed by atoms with Gasteiger partial charge >= 0.3 is 6.18 Å². The molecule has 1 N–H and O–H groups in total. The Morgan fingerprint density at radius 1 is 1.25 bits per heavy atom. The second kappa shape index (κ2) is 7.12. The van der Waals surface area contributed by atoms with E-state index in [4.69, 9.17) is 9.82 Å². The van der Waals surface area contributed by atoms with E-state index in [1.165, 1.54) is 24.0 Å². The Kier molecular flexibility index (Phi) is 4.78. The Morgan fingerprint density at radius 2 is 2.00 bits per heavy atom. The van der Waals surface area contributed by atoms with Crippen LogP contribution in [0.15, 0.2) is 29.1 Å². The third-order valence-corrected chi connectivity index (χ3v) is 5.36. The molecule has 2 aliphatic heterocycles. The molecule has 1 atom stereocenters. The number of anilines is 1. The van der Waals surface area contributed by atoms with Gasteiger partial charge in [0.1, 0.15) is 7.11 Å². The molecule has 2 aromatic rings. The Morgan fingerprint density at radius 3 is 2.68 bits per heavy atom. The number of hydrogen-bond acceptors (Lipinski definition) is 5. The van der Waals surface area contributed by atoms with Gasteiger partial charge in [-0.25, -0.2) is 4.98 Å². The van der Waals surface area contributed by atoms with E-state index in [-0.39, 0.29) is 11.6 Å². The van der Waals surface area contributed by atoms with E-state index >= 15 is 0 Å². The fourth-order valence-electron chi connectivity index (χ4n) is 3.97. The van der Waals surface area contributed by atoms with Gasteiger partial charge in [0.2, 0.25) is 5.95 Å². The van der Waals surface area contributed by atoms with Gasteiger partial charge in [0.15, 0.2) is 0 Å². The number of hydrogen-bond donors (Lipinski definition) is 1. The van der Waals surface area contributed by atoms with Gasteiger partial charge in [-0.15, -0.1) is 4.73 Å². The molecule has 0 saturated carbocycles. The summed E-state index contributed by atoms with van der Waals surface area (Å²) in [4.78, 5) is 24.8. The molecule has 2 aliphatic rings. The van der Waals surface area contributed by atoms with Crippen LogP contribution in [0.5, 0.6) is 0 Å². The SMILES string of the molecule is COn1c(N2CCCC2c2ccc(C(F)(F)F)cc2)nc2c(c1=O)CNCC2. The molecule has 150 valence electrons.